The zero-order valence-electron chi connectivity index (χ0n) is 10.8. The first-order chi connectivity index (χ1) is 9.11. The van der Waals surface area contributed by atoms with Crippen molar-refractivity contribution in [1.29, 1.82) is 0 Å². The number of benzene rings is 1. The molecular weight excluding hydrogens is 357 g/mol. The number of carbonyl (C=O) groups is 2. The summed E-state index contributed by atoms with van der Waals surface area (Å²) in [5, 5.41) is 0. The summed E-state index contributed by atoms with van der Waals surface area (Å²) in [4.78, 5) is 25.6. The minimum absolute atomic E-state index is 0.00926. The lowest BCUT2D eigenvalue weighted by molar-refractivity contribution is -0.146. The van der Waals surface area contributed by atoms with E-state index in [1.165, 1.54) is 7.11 Å². The van der Waals surface area contributed by atoms with E-state index in [1.54, 1.807) is 4.90 Å². The number of hydrogen-bond acceptors (Lipinski definition) is 3. The van der Waals surface area contributed by atoms with E-state index in [2.05, 4.69) is 22.6 Å². The van der Waals surface area contributed by atoms with Gasteiger partial charge < -0.3 is 9.64 Å². The average Bonchev–Trinajstić information content (AvgIpc) is 2.46. The summed E-state index contributed by atoms with van der Waals surface area (Å²) >= 11 is 2.21. The predicted octanol–water partition coefficient (Wildman–Crippen LogP) is 2.32. The second kappa shape index (κ2) is 6.36. The zero-order chi connectivity index (χ0) is 13.8. The monoisotopic (exact) mass is 373 g/mol. The van der Waals surface area contributed by atoms with Crippen molar-refractivity contribution in [3.05, 3.63) is 33.4 Å². The molecule has 1 amide bonds. The van der Waals surface area contributed by atoms with E-state index in [1.807, 2.05) is 24.3 Å². The molecule has 1 heterocycles. The van der Waals surface area contributed by atoms with E-state index >= 15 is 0 Å². The topological polar surface area (TPSA) is 46.6 Å². The van der Waals surface area contributed by atoms with Crippen molar-refractivity contribution in [3.63, 3.8) is 0 Å². The number of nitrogens with zero attached hydrogens (tertiary/aromatic N) is 1. The molecule has 0 aromatic heterocycles. The van der Waals surface area contributed by atoms with E-state index in [4.69, 9.17) is 4.74 Å². The molecule has 5 heteroatoms. The SMILES string of the molecule is COC(=O)C1CCCN(C(=O)c2ccc(I)cc2)C1. The summed E-state index contributed by atoms with van der Waals surface area (Å²) in [5.74, 6) is -0.420. The lowest BCUT2D eigenvalue weighted by Gasteiger charge is -2.31. The van der Waals surface area contributed by atoms with Crippen LogP contribution in [0.2, 0.25) is 0 Å². The minimum atomic E-state index is -0.222. The van der Waals surface area contributed by atoms with Crippen LogP contribution in [0.3, 0.4) is 0 Å². The van der Waals surface area contributed by atoms with E-state index in [0.717, 1.165) is 16.4 Å². The Morgan fingerprint density at radius 3 is 2.63 bits per heavy atom. The van der Waals surface area contributed by atoms with Gasteiger partial charge in [0, 0.05) is 22.2 Å². The molecule has 0 N–H and O–H groups in total. The van der Waals surface area contributed by atoms with E-state index in [9.17, 15) is 9.59 Å². The van der Waals surface area contributed by atoms with Gasteiger partial charge in [-0.05, 0) is 59.7 Å². The van der Waals surface area contributed by atoms with Gasteiger partial charge in [0.15, 0.2) is 0 Å². The molecule has 1 aromatic carbocycles. The number of carbonyl (C=O) groups excluding carboxylic acids is 2. The van der Waals surface area contributed by atoms with Gasteiger partial charge in [-0.3, -0.25) is 9.59 Å². The molecule has 0 aliphatic carbocycles. The maximum Gasteiger partial charge on any atom is 0.310 e. The summed E-state index contributed by atoms with van der Waals surface area (Å²) < 4.78 is 5.86. The van der Waals surface area contributed by atoms with Crippen LogP contribution in [0.25, 0.3) is 0 Å². The fourth-order valence-electron chi connectivity index (χ4n) is 2.30. The fourth-order valence-corrected chi connectivity index (χ4v) is 2.66. The predicted molar refractivity (Wildman–Crippen MR) is 79.8 cm³/mol. The highest BCUT2D eigenvalue weighted by Crippen LogP contribution is 2.20. The molecule has 0 saturated carbocycles. The van der Waals surface area contributed by atoms with E-state index in [0.29, 0.717) is 18.7 Å². The number of halogens is 1. The molecule has 19 heavy (non-hydrogen) atoms. The molecule has 0 spiro atoms. The second-order valence-corrected chi connectivity index (χ2v) is 5.87. The number of methoxy groups -OCH3 is 1. The maximum atomic E-state index is 12.3. The van der Waals surface area contributed by atoms with Crippen LogP contribution in [0.5, 0.6) is 0 Å². The van der Waals surface area contributed by atoms with Gasteiger partial charge >= 0.3 is 5.97 Å². The van der Waals surface area contributed by atoms with Crippen LogP contribution in [-0.4, -0.2) is 37.0 Å². The van der Waals surface area contributed by atoms with Crippen molar-refractivity contribution >= 4 is 34.5 Å². The Kier molecular flexibility index (Phi) is 4.79. The van der Waals surface area contributed by atoms with Gasteiger partial charge in [-0.25, -0.2) is 0 Å². The summed E-state index contributed by atoms with van der Waals surface area (Å²) in [6.07, 6.45) is 1.64. The van der Waals surface area contributed by atoms with Crippen molar-refractivity contribution in [1.82, 2.24) is 4.90 Å². The Morgan fingerprint density at radius 1 is 1.32 bits per heavy atom. The third kappa shape index (κ3) is 3.46. The molecule has 4 nitrogen and oxygen atoms in total. The number of hydrogen-bond donors (Lipinski definition) is 0. The number of rotatable bonds is 2. The first-order valence-corrected chi connectivity index (χ1v) is 7.32. The maximum absolute atomic E-state index is 12.3. The number of amides is 1. The van der Waals surface area contributed by atoms with Gasteiger partial charge in [-0.15, -0.1) is 0 Å². The Hall–Kier alpha value is -1.11. The van der Waals surface area contributed by atoms with Crippen LogP contribution in [-0.2, 0) is 9.53 Å². The van der Waals surface area contributed by atoms with E-state index in [-0.39, 0.29) is 17.8 Å². The first kappa shape index (κ1) is 14.3. The molecule has 1 atom stereocenters. The Bertz CT molecular complexity index is 472. The van der Waals surface area contributed by atoms with Crippen LogP contribution < -0.4 is 0 Å². The number of likely N-dealkylation sites (tertiary alicyclic amines) is 1. The summed E-state index contributed by atoms with van der Waals surface area (Å²) in [6, 6.07) is 7.47. The minimum Gasteiger partial charge on any atom is -0.469 e. The Balaban J connectivity index is 2.06. The smallest absolute Gasteiger partial charge is 0.310 e. The normalized spacial score (nSPS) is 19.1. The molecule has 1 unspecified atom stereocenters. The second-order valence-electron chi connectivity index (χ2n) is 4.62. The van der Waals surface area contributed by atoms with Gasteiger partial charge in [0.05, 0.1) is 13.0 Å². The third-order valence-corrected chi connectivity index (χ3v) is 4.05. The van der Waals surface area contributed by atoms with Crippen molar-refractivity contribution in [3.8, 4) is 0 Å². The number of ether oxygens (including phenoxy) is 1. The van der Waals surface area contributed by atoms with Crippen molar-refractivity contribution in [2.75, 3.05) is 20.2 Å². The van der Waals surface area contributed by atoms with Gasteiger partial charge in [0.2, 0.25) is 0 Å². The van der Waals surface area contributed by atoms with Crippen molar-refractivity contribution in [2.45, 2.75) is 12.8 Å². The number of piperidine rings is 1. The molecule has 0 radical (unpaired) electrons. The summed E-state index contributed by atoms with van der Waals surface area (Å²) in [6.45, 7) is 1.16. The molecular formula is C14H16INO3. The quantitative estimate of drug-likeness (QED) is 0.591. The Labute approximate surface area is 126 Å². The highest BCUT2D eigenvalue weighted by atomic mass is 127. The molecule has 1 aliphatic heterocycles. The lowest BCUT2D eigenvalue weighted by atomic mass is 9.97. The van der Waals surface area contributed by atoms with Gasteiger partial charge in [-0.1, -0.05) is 0 Å². The fraction of sp³-hybridized carbons (Fsp3) is 0.429. The summed E-state index contributed by atoms with van der Waals surface area (Å²) in [5.41, 5.74) is 0.672. The highest BCUT2D eigenvalue weighted by Gasteiger charge is 2.29. The van der Waals surface area contributed by atoms with E-state index < -0.39 is 0 Å². The molecule has 1 fully saturated rings. The molecule has 102 valence electrons. The largest absolute Gasteiger partial charge is 0.469 e. The van der Waals surface area contributed by atoms with Gasteiger partial charge in [0.25, 0.3) is 5.91 Å². The molecule has 1 aliphatic rings. The first-order valence-electron chi connectivity index (χ1n) is 6.24. The van der Waals surface area contributed by atoms with Gasteiger partial charge in [-0.2, -0.15) is 0 Å². The van der Waals surface area contributed by atoms with Crippen LogP contribution in [0, 0.1) is 9.49 Å². The van der Waals surface area contributed by atoms with Crippen LogP contribution >= 0.6 is 22.6 Å². The number of esters is 1. The van der Waals surface area contributed by atoms with Crippen LogP contribution in [0.15, 0.2) is 24.3 Å². The lowest BCUT2D eigenvalue weighted by Crippen LogP contribution is -2.42. The standard InChI is InChI=1S/C14H16INO3/c1-19-14(18)11-3-2-8-16(9-11)13(17)10-4-6-12(15)7-5-10/h4-7,11H,2-3,8-9H2,1H3. The summed E-state index contributed by atoms with van der Waals surface area (Å²) in [7, 11) is 1.39. The van der Waals surface area contributed by atoms with Gasteiger partial charge in [0.1, 0.15) is 0 Å². The average molecular weight is 373 g/mol. The van der Waals surface area contributed by atoms with Crippen molar-refractivity contribution < 1.29 is 14.3 Å². The van der Waals surface area contributed by atoms with Crippen molar-refractivity contribution in [2.24, 2.45) is 5.92 Å². The Morgan fingerprint density at radius 2 is 2.00 bits per heavy atom. The zero-order valence-corrected chi connectivity index (χ0v) is 12.9. The molecule has 1 saturated heterocycles. The molecule has 2 rings (SSSR count). The van der Waals surface area contributed by atoms with Crippen LogP contribution in [0.1, 0.15) is 23.2 Å². The van der Waals surface area contributed by atoms with Crippen LogP contribution in [0.4, 0.5) is 0 Å². The highest BCUT2D eigenvalue weighted by molar-refractivity contribution is 14.1. The molecule has 1 aromatic rings. The molecule has 0 bridgehead atoms. The third-order valence-electron chi connectivity index (χ3n) is 3.33.